The standard InChI is InChI=1S/C5H6F4O2S/c1-3-4(6,7)2-12(10,11)5(3,8)9/h3H,2H2,1H3. The predicted molar refractivity (Wildman–Crippen MR) is 32.8 cm³/mol. The number of hydrogen-bond donors (Lipinski definition) is 0. The van der Waals surface area contributed by atoms with Gasteiger partial charge < -0.3 is 0 Å². The Balaban J connectivity index is 3.24. The topological polar surface area (TPSA) is 34.1 Å². The monoisotopic (exact) mass is 206 g/mol. The van der Waals surface area contributed by atoms with E-state index in [1.807, 2.05) is 0 Å². The van der Waals surface area contributed by atoms with Crippen LogP contribution in [0.1, 0.15) is 6.92 Å². The Labute approximate surface area is 66.5 Å². The summed E-state index contributed by atoms with van der Waals surface area (Å²) >= 11 is 0. The molecule has 1 saturated heterocycles. The van der Waals surface area contributed by atoms with E-state index in [0.717, 1.165) is 0 Å². The van der Waals surface area contributed by atoms with Gasteiger partial charge in [0.1, 0.15) is 5.75 Å². The van der Waals surface area contributed by atoms with Crippen molar-refractivity contribution >= 4 is 9.84 Å². The van der Waals surface area contributed by atoms with E-state index in [1.54, 1.807) is 0 Å². The van der Waals surface area contributed by atoms with Crippen LogP contribution in [0.25, 0.3) is 0 Å². The third kappa shape index (κ3) is 1.02. The molecule has 0 saturated carbocycles. The normalized spacial score (nSPS) is 36.6. The highest BCUT2D eigenvalue weighted by atomic mass is 32.2. The molecular formula is C5H6F4O2S. The minimum absolute atomic E-state index is 0.532. The van der Waals surface area contributed by atoms with E-state index in [4.69, 9.17) is 0 Å². The van der Waals surface area contributed by atoms with Crippen molar-refractivity contribution in [2.24, 2.45) is 5.92 Å². The number of halogens is 4. The van der Waals surface area contributed by atoms with Crippen molar-refractivity contribution in [1.82, 2.24) is 0 Å². The van der Waals surface area contributed by atoms with Crippen LogP contribution in [0.5, 0.6) is 0 Å². The molecule has 2 nitrogen and oxygen atoms in total. The second-order valence-electron chi connectivity index (χ2n) is 2.80. The number of rotatable bonds is 0. The summed E-state index contributed by atoms with van der Waals surface area (Å²) in [5, 5.41) is -4.30. The van der Waals surface area contributed by atoms with Crippen molar-refractivity contribution < 1.29 is 26.0 Å². The van der Waals surface area contributed by atoms with Gasteiger partial charge in [0, 0.05) is 0 Å². The second kappa shape index (κ2) is 2.12. The average Bonchev–Trinajstić information content (AvgIpc) is 1.90. The minimum Gasteiger partial charge on any atom is -0.222 e. The molecule has 12 heavy (non-hydrogen) atoms. The number of hydrogen-bond acceptors (Lipinski definition) is 2. The van der Waals surface area contributed by atoms with Crippen molar-refractivity contribution in [2.45, 2.75) is 18.1 Å². The first-order valence-corrected chi connectivity index (χ1v) is 4.74. The first kappa shape index (κ1) is 9.76. The van der Waals surface area contributed by atoms with Crippen LogP contribution >= 0.6 is 0 Å². The zero-order valence-electron chi connectivity index (χ0n) is 6.02. The Morgan fingerprint density at radius 1 is 1.25 bits per heavy atom. The van der Waals surface area contributed by atoms with Crippen LogP contribution in [0.15, 0.2) is 0 Å². The molecule has 0 amide bonds. The van der Waals surface area contributed by atoms with Gasteiger partial charge in [0.25, 0.3) is 5.92 Å². The second-order valence-corrected chi connectivity index (χ2v) is 4.87. The molecule has 1 unspecified atom stereocenters. The Morgan fingerprint density at radius 2 is 1.67 bits per heavy atom. The summed E-state index contributed by atoms with van der Waals surface area (Å²) in [5.41, 5.74) is 0. The summed E-state index contributed by atoms with van der Waals surface area (Å²) in [6.45, 7) is 0.532. The molecule has 1 heterocycles. The van der Waals surface area contributed by atoms with Crippen molar-refractivity contribution in [2.75, 3.05) is 5.75 Å². The Morgan fingerprint density at radius 3 is 1.75 bits per heavy atom. The molecule has 1 atom stereocenters. The number of sulfone groups is 1. The molecule has 0 spiro atoms. The molecule has 0 bridgehead atoms. The van der Waals surface area contributed by atoms with Crippen LogP contribution in [0.4, 0.5) is 17.6 Å². The van der Waals surface area contributed by atoms with Gasteiger partial charge in [-0.1, -0.05) is 0 Å². The van der Waals surface area contributed by atoms with Crippen LogP contribution < -0.4 is 0 Å². The van der Waals surface area contributed by atoms with E-state index in [-0.39, 0.29) is 0 Å². The van der Waals surface area contributed by atoms with Crippen molar-refractivity contribution in [3.8, 4) is 0 Å². The predicted octanol–water partition coefficient (Wildman–Crippen LogP) is 1.28. The lowest BCUT2D eigenvalue weighted by molar-refractivity contribution is -0.0909. The van der Waals surface area contributed by atoms with E-state index in [1.165, 1.54) is 0 Å². The van der Waals surface area contributed by atoms with Gasteiger partial charge in [-0.05, 0) is 6.92 Å². The maximum atomic E-state index is 12.5. The summed E-state index contributed by atoms with van der Waals surface area (Å²) in [5.74, 6) is -8.01. The van der Waals surface area contributed by atoms with E-state index >= 15 is 0 Å². The lowest BCUT2D eigenvalue weighted by atomic mass is 10.1. The Kier molecular flexibility index (Phi) is 1.73. The van der Waals surface area contributed by atoms with Crippen molar-refractivity contribution in [3.63, 3.8) is 0 Å². The highest BCUT2D eigenvalue weighted by molar-refractivity contribution is 7.92. The zero-order valence-corrected chi connectivity index (χ0v) is 6.84. The third-order valence-corrected chi connectivity index (χ3v) is 3.88. The van der Waals surface area contributed by atoms with Crippen molar-refractivity contribution in [1.29, 1.82) is 0 Å². The van der Waals surface area contributed by atoms with Crippen LogP contribution in [-0.4, -0.2) is 25.3 Å². The minimum atomic E-state index is -4.96. The van der Waals surface area contributed by atoms with Gasteiger partial charge in [-0.2, -0.15) is 8.78 Å². The average molecular weight is 206 g/mol. The Bertz CT molecular complexity index is 295. The first-order chi connectivity index (χ1) is 5.11. The molecule has 1 rings (SSSR count). The van der Waals surface area contributed by atoms with Gasteiger partial charge in [-0.25, -0.2) is 17.2 Å². The zero-order chi connectivity index (χ0) is 9.78. The maximum Gasteiger partial charge on any atom is 0.354 e. The largest absolute Gasteiger partial charge is 0.354 e. The molecule has 1 aliphatic rings. The fraction of sp³-hybridized carbons (Fsp3) is 1.00. The third-order valence-electron chi connectivity index (χ3n) is 1.93. The quantitative estimate of drug-likeness (QED) is 0.559. The summed E-state index contributed by atoms with van der Waals surface area (Å²) in [4.78, 5) is 0. The molecule has 1 aliphatic heterocycles. The fourth-order valence-corrected chi connectivity index (χ4v) is 2.65. The molecule has 72 valence electrons. The summed E-state index contributed by atoms with van der Waals surface area (Å²) < 4.78 is 71.0. The van der Waals surface area contributed by atoms with Crippen LogP contribution in [0, 0.1) is 5.92 Å². The molecule has 0 aromatic rings. The lowest BCUT2D eigenvalue weighted by Gasteiger charge is -2.16. The first-order valence-electron chi connectivity index (χ1n) is 3.09. The lowest BCUT2D eigenvalue weighted by Crippen LogP contribution is -2.32. The van der Waals surface area contributed by atoms with Gasteiger partial charge >= 0.3 is 5.25 Å². The van der Waals surface area contributed by atoms with Gasteiger partial charge in [-0.3, -0.25) is 0 Å². The van der Waals surface area contributed by atoms with Crippen molar-refractivity contribution in [3.05, 3.63) is 0 Å². The van der Waals surface area contributed by atoms with Crippen LogP contribution in [0.2, 0.25) is 0 Å². The molecule has 0 aromatic heterocycles. The molecule has 0 N–H and O–H groups in total. The van der Waals surface area contributed by atoms with E-state index in [9.17, 15) is 26.0 Å². The van der Waals surface area contributed by atoms with Gasteiger partial charge in [0.15, 0.2) is 0 Å². The molecule has 0 aromatic carbocycles. The number of alkyl halides is 4. The molecule has 0 aliphatic carbocycles. The molecule has 0 radical (unpaired) electrons. The van der Waals surface area contributed by atoms with Gasteiger partial charge in [-0.15, -0.1) is 0 Å². The van der Waals surface area contributed by atoms with Crippen LogP contribution in [-0.2, 0) is 9.84 Å². The fourth-order valence-electron chi connectivity index (χ4n) is 0.990. The van der Waals surface area contributed by atoms with Crippen LogP contribution in [0.3, 0.4) is 0 Å². The molecule has 1 fully saturated rings. The Hall–Kier alpha value is -0.330. The smallest absolute Gasteiger partial charge is 0.222 e. The highest BCUT2D eigenvalue weighted by Crippen LogP contribution is 2.48. The van der Waals surface area contributed by atoms with E-state index in [2.05, 4.69) is 0 Å². The summed E-state index contributed by atoms with van der Waals surface area (Å²) in [6.07, 6.45) is 0. The van der Waals surface area contributed by atoms with Gasteiger partial charge in [0.2, 0.25) is 9.84 Å². The molecular weight excluding hydrogens is 200 g/mol. The highest BCUT2D eigenvalue weighted by Gasteiger charge is 2.68. The van der Waals surface area contributed by atoms with E-state index in [0.29, 0.717) is 6.92 Å². The summed E-state index contributed by atoms with van der Waals surface area (Å²) in [6, 6.07) is 0. The SMILES string of the molecule is CC1C(F)(F)CS(=O)(=O)C1(F)F. The summed E-state index contributed by atoms with van der Waals surface area (Å²) in [7, 11) is -4.96. The maximum absolute atomic E-state index is 12.5. The van der Waals surface area contributed by atoms with E-state index < -0.39 is 32.7 Å². The van der Waals surface area contributed by atoms with Gasteiger partial charge in [0.05, 0.1) is 5.92 Å². The molecule has 7 heteroatoms.